The first-order chi connectivity index (χ1) is 8.24. The van der Waals surface area contributed by atoms with Gasteiger partial charge in [-0.1, -0.05) is 0 Å². The summed E-state index contributed by atoms with van der Waals surface area (Å²) in [6.45, 7) is -0.184. The molecule has 0 aromatic heterocycles. The Bertz CT molecular complexity index is 386. The SMILES string of the molecule is O=C(N[C@@H]1C[C@H](CO)[C@@H](O[SH](#P)I)C1)C(F)(F)F. The van der Waals surface area contributed by atoms with Crippen LogP contribution in [-0.2, 0) is 8.98 Å². The molecule has 1 amide bonds. The number of carbonyl (C=O) groups is 1. The second-order valence-electron chi connectivity index (χ2n) is 3.95. The Hall–Kier alpha value is 0.690. The van der Waals surface area contributed by atoms with Gasteiger partial charge in [-0.15, -0.1) is 0 Å². The van der Waals surface area contributed by atoms with Crippen molar-refractivity contribution >= 4 is 42.3 Å². The van der Waals surface area contributed by atoms with Crippen molar-refractivity contribution < 1.29 is 27.3 Å². The molecule has 1 aliphatic rings. The number of hydrogen-bond acceptors (Lipinski definition) is 3. The van der Waals surface area contributed by atoms with Gasteiger partial charge in [-0.3, -0.25) is 0 Å². The maximum atomic E-state index is 12.1. The monoisotopic (exact) mass is 417 g/mol. The third kappa shape index (κ3) is 4.99. The Morgan fingerprint density at radius 2 is 2.17 bits per heavy atom. The topological polar surface area (TPSA) is 58.6 Å². The van der Waals surface area contributed by atoms with Crippen LogP contribution in [0.25, 0.3) is 0 Å². The van der Waals surface area contributed by atoms with E-state index in [4.69, 9.17) is 9.29 Å². The molecule has 1 unspecified atom stereocenters. The fraction of sp³-hybridized carbons (Fsp3) is 0.875. The van der Waals surface area contributed by atoms with Crippen molar-refractivity contribution in [3.63, 3.8) is 0 Å². The molecule has 0 aliphatic heterocycles. The maximum absolute atomic E-state index is 12.1. The van der Waals surface area contributed by atoms with Gasteiger partial charge in [0.2, 0.25) is 0 Å². The Morgan fingerprint density at radius 1 is 1.56 bits per heavy atom. The van der Waals surface area contributed by atoms with E-state index in [1.807, 2.05) is 26.5 Å². The van der Waals surface area contributed by atoms with E-state index < -0.39 is 25.4 Å². The number of amides is 1. The minimum atomic E-state index is -4.88. The van der Waals surface area contributed by atoms with Gasteiger partial charge < -0.3 is 0 Å². The van der Waals surface area contributed by atoms with E-state index in [1.54, 1.807) is 0 Å². The van der Waals surface area contributed by atoms with E-state index in [0.717, 1.165) is 0 Å². The van der Waals surface area contributed by atoms with Crippen LogP contribution in [0, 0.1) is 5.92 Å². The summed E-state index contributed by atoms with van der Waals surface area (Å²) in [4.78, 5) is 10.8. The van der Waals surface area contributed by atoms with Crippen molar-refractivity contribution in [2.45, 2.75) is 31.2 Å². The standard InChI is InChI=1S/C8H12F3INO3PS/c9-8(10,11)7(15)13-5-1-4(3-14)6(2-5)16-18(12)17/h4-6,14,18H,1-3H2,(H,13,15)/t4-,5-,6+/m1/s1. The summed E-state index contributed by atoms with van der Waals surface area (Å²) in [5.74, 6) is -2.22. The van der Waals surface area contributed by atoms with Gasteiger partial charge in [0, 0.05) is 0 Å². The Balaban J connectivity index is 2.57. The van der Waals surface area contributed by atoms with E-state index in [-0.39, 0.29) is 31.5 Å². The predicted octanol–water partition coefficient (Wildman–Crippen LogP) is 2.41. The van der Waals surface area contributed by atoms with Gasteiger partial charge in [0.05, 0.1) is 0 Å². The molecular formula is C8H12F3INO3PS. The third-order valence-corrected chi connectivity index (χ3v) is 4.09. The molecule has 0 saturated heterocycles. The fourth-order valence-electron chi connectivity index (χ4n) is 1.90. The zero-order valence-corrected chi connectivity index (χ0v) is 13.0. The molecule has 2 N–H and O–H groups in total. The third-order valence-electron chi connectivity index (χ3n) is 2.68. The van der Waals surface area contributed by atoms with Crippen LogP contribution in [0.15, 0.2) is 0 Å². The number of aliphatic hydroxyl groups is 1. The molecule has 0 bridgehead atoms. The van der Waals surface area contributed by atoms with Gasteiger partial charge >= 0.3 is 119 Å². The van der Waals surface area contributed by atoms with E-state index in [2.05, 4.69) is 7.81 Å². The van der Waals surface area contributed by atoms with E-state index in [1.165, 1.54) is 0 Å². The average Bonchev–Trinajstić information content (AvgIpc) is 2.57. The van der Waals surface area contributed by atoms with Crippen LogP contribution >= 0.6 is 36.3 Å². The van der Waals surface area contributed by atoms with E-state index in [0.29, 0.717) is 0 Å². The number of thiol groups is 1. The van der Waals surface area contributed by atoms with Crippen LogP contribution in [0.3, 0.4) is 0 Å². The summed E-state index contributed by atoms with van der Waals surface area (Å²) in [5, 5.41) is 11.0. The van der Waals surface area contributed by atoms with Gasteiger partial charge in [0.1, 0.15) is 0 Å². The van der Waals surface area contributed by atoms with Crippen LogP contribution in [0.4, 0.5) is 13.2 Å². The first-order valence-electron chi connectivity index (χ1n) is 5.04. The quantitative estimate of drug-likeness (QED) is 0.376. The van der Waals surface area contributed by atoms with Gasteiger partial charge in [-0.25, -0.2) is 0 Å². The Kier molecular flexibility index (Phi) is 6.43. The predicted molar refractivity (Wildman–Crippen MR) is 72.6 cm³/mol. The molecule has 4 nitrogen and oxygen atoms in total. The summed E-state index contributed by atoms with van der Waals surface area (Å²) in [6, 6.07) is -0.624. The molecule has 0 radical (unpaired) electrons. The molecule has 106 valence electrons. The number of carbonyl (C=O) groups excluding carboxylic acids is 1. The molecule has 18 heavy (non-hydrogen) atoms. The number of aliphatic hydroxyl groups excluding tert-OH is 1. The molecule has 10 heteroatoms. The van der Waals surface area contributed by atoms with Gasteiger partial charge in [0.15, 0.2) is 0 Å². The first-order valence-corrected chi connectivity index (χ1v) is 10.2. The van der Waals surface area contributed by atoms with Crippen molar-refractivity contribution in [1.29, 1.82) is 0 Å². The summed E-state index contributed by atoms with van der Waals surface area (Å²) in [6.07, 6.45) is -4.71. The molecular weight excluding hydrogens is 405 g/mol. The van der Waals surface area contributed by atoms with Crippen LogP contribution in [0.1, 0.15) is 12.8 Å². The second kappa shape index (κ2) is 6.92. The molecule has 1 fully saturated rings. The molecule has 1 rings (SSSR count). The van der Waals surface area contributed by atoms with E-state index >= 15 is 0 Å². The zero-order valence-electron chi connectivity index (χ0n) is 9.02. The molecule has 1 aliphatic carbocycles. The summed E-state index contributed by atoms with van der Waals surface area (Å²) < 4.78 is 41.7. The summed E-state index contributed by atoms with van der Waals surface area (Å²) in [7, 11) is 3.09. The van der Waals surface area contributed by atoms with Crippen molar-refractivity contribution in [3.8, 4) is 0 Å². The van der Waals surface area contributed by atoms with Crippen molar-refractivity contribution in [1.82, 2.24) is 5.32 Å². The number of nitrogens with one attached hydrogen (secondary N) is 1. The van der Waals surface area contributed by atoms with Crippen LogP contribution in [0.2, 0.25) is 0 Å². The Morgan fingerprint density at radius 3 is 2.61 bits per heavy atom. The zero-order chi connectivity index (χ0) is 13.9. The van der Waals surface area contributed by atoms with Gasteiger partial charge in [-0.2, -0.15) is 0 Å². The molecule has 0 heterocycles. The second-order valence-corrected chi connectivity index (χ2v) is 10.6. The molecule has 4 atom stereocenters. The fourth-order valence-corrected chi connectivity index (χ4v) is 3.63. The van der Waals surface area contributed by atoms with Gasteiger partial charge in [0.25, 0.3) is 0 Å². The van der Waals surface area contributed by atoms with Crippen LogP contribution < -0.4 is 5.32 Å². The molecule has 0 aromatic carbocycles. The van der Waals surface area contributed by atoms with Crippen molar-refractivity contribution in [2.24, 2.45) is 5.92 Å². The number of rotatable bonds is 3. The molecule has 0 spiro atoms. The van der Waals surface area contributed by atoms with Crippen molar-refractivity contribution in [2.75, 3.05) is 6.61 Å². The molecule has 0 aromatic rings. The number of alkyl halides is 3. The van der Waals surface area contributed by atoms with Crippen LogP contribution in [-0.4, -0.2) is 35.9 Å². The summed E-state index contributed by atoms with van der Waals surface area (Å²) in [5.41, 5.74) is 0. The van der Waals surface area contributed by atoms with Crippen molar-refractivity contribution in [3.05, 3.63) is 0 Å². The van der Waals surface area contributed by atoms with Gasteiger partial charge in [-0.05, 0) is 0 Å². The van der Waals surface area contributed by atoms with Crippen LogP contribution in [0.5, 0.6) is 0 Å². The first kappa shape index (κ1) is 16.7. The number of hydrogen-bond donors (Lipinski definition) is 3. The Labute approximate surface area is 118 Å². The average molecular weight is 417 g/mol. The molecule has 1 saturated carbocycles. The van der Waals surface area contributed by atoms with E-state index in [9.17, 15) is 18.0 Å². The minimum absolute atomic E-state index is 0.184. The summed E-state index contributed by atoms with van der Waals surface area (Å²) >= 11 is 1.96. The normalized spacial score (nSPS) is 30.1. The number of halogens is 4.